The summed E-state index contributed by atoms with van der Waals surface area (Å²) in [7, 11) is -5.89. The fraction of sp³-hybridized carbons (Fsp3) is 0.924. The van der Waals surface area contributed by atoms with E-state index in [1.54, 1.807) is 0 Å². The van der Waals surface area contributed by atoms with Crippen LogP contribution in [0.25, 0.3) is 0 Å². The third-order valence-corrected chi connectivity index (χ3v) is 23.9. The van der Waals surface area contributed by atoms with Crippen molar-refractivity contribution in [2.45, 2.75) is 408 Å². The topological polar surface area (TPSA) is 684 Å². The maximum atomic E-state index is 14.5. The van der Waals surface area contributed by atoms with Gasteiger partial charge in [-0.1, -0.05) is 147 Å². The van der Waals surface area contributed by atoms with E-state index < -0.39 is 300 Å². The first-order valence-electron chi connectivity index (χ1n) is 43.2. The number of esters is 2. The smallest absolute Gasteiger partial charge is 0.462 e. The molecular weight excluding hydrogens is 1670 g/mol. The van der Waals surface area contributed by atoms with E-state index in [9.17, 15) is 136 Å². The van der Waals surface area contributed by atoms with E-state index in [4.69, 9.17) is 75.4 Å². The molecule has 6 saturated heterocycles. The van der Waals surface area contributed by atoms with Gasteiger partial charge in [-0.05, 0) is 44.9 Å². The molecule has 0 spiro atoms. The Bertz CT molecular complexity index is 3030. The van der Waals surface area contributed by atoms with Crippen molar-refractivity contribution in [3.63, 3.8) is 0 Å². The van der Waals surface area contributed by atoms with Crippen LogP contribution in [-0.2, 0) is 89.5 Å². The van der Waals surface area contributed by atoms with Gasteiger partial charge in [0.1, 0.15) is 190 Å². The molecule has 0 aromatic rings. The molecular formula is C79H139O43P. The van der Waals surface area contributed by atoms with Gasteiger partial charge in [0.25, 0.3) is 0 Å². The van der Waals surface area contributed by atoms with Crippen molar-refractivity contribution in [2.24, 2.45) is 0 Å². The first-order chi connectivity index (χ1) is 58.7. The summed E-state index contributed by atoms with van der Waals surface area (Å²) in [6.07, 6.45) is -45.2. The van der Waals surface area contributed by atoms with Gasteiger partial charge in [-0.25, -0.2) is 4.57 Å². The van der Waals surface area contributed by atoms with Crippen molar-refractivity contribution in [1.29, 1.82) is 0 Å². The second-order valence-corrected chi connectivity index (χ2v) is 34.0. The molecule has 0 aromatic heterocycles. The highest BCUT2D eigenvalue weighted by atomic mass is 31.2. The Balaban J connectivity index is 1.00. The molecule has 0 radical (unpaired) electrons. The number of aliphatic hydroxyl groups is 23. The van der Waals surface area contributed by atoms with E-state index in [1.807, 2.05) is 0 Å². The van der Waals surface area contributed by atoms with Crippen molar-refractivity contribution in [2.75, 3.05) is 52.9 Å². The SMILES string of the molecule is CCCCC/C=C\C/C=C\CCCCCCCC(=O)OC[C@H](COP(=O)(O)O[C@@H]1C(O[C@@H]2OC(CO[C@@H]3OC(CO[C@@H]4OC(CO[C@@H]5OC(CO[C@@H]6OC(CO)[C@H](O)C(O)[C@@H]6O)[C@H](O)C(O)[C@@H]5O)[C@H](O)C(O)[C@@H]4O)[C@H](O)C(O)[C@@H]3O)[C@H](O)C(O)[C@@H]2O)C(O)[C@@H](O)C(O)[C@H]1O[C@H]1OC(CO)[C@@H](O)C(O)[C@H]1O)OC(=O)CCCCCCCCCCCCCCC. The molecule has 1 aliphatic carbocycles. The van der Waals surface area contributed by atoms with Crippen molar-refractivity contribution in [3.05, 3.63) is 24.3 Å². The molecule has 16 unspecified atom stereocenters. The summed E-state index contributed by atoms with van der Waals surface area (Å²) in [5.41, 5.74) is 0. The summed E-state index contributed by atoms with van der Waals surface area (Å²) in [5.74, 6) is -1.52. The maximum Gasteiger partial charge on any atom is 0.472 e. The largest absolute Gasteiger partial charge is 0.472 e. The summed E-state index contributed by atoms with van der Waals surface area (Å²) in [4.78, 5) is 38.4. The maximum absolute atomic E-state index is 14.5. The number of hydrogen-bond donors (Lipinski definition) is 24. The summed E-state index contributed by atoms with van der Waals surface area (Å²) in [6.45, 7) is -2.96. The molecule has 6 aliphatic heterocycles. The minimum atomic E-state index is -5.89. The van der Waals surface area contributed by atoms with E-state index in [-0.39, 0.29) is 12.8 Å². The Kier molecular flexibility index (Phi) is 47.8. The number of hydrogen-bond acceptors (Lipinski definition) is 42. The van der Waals surface area contributed by atoms with Crippen LogP contribution in [0.5, 0.6) is 0 Å². The lowest BCUT2D eigenvalue weighted by Gasteiger charge is -2.49. The van der Waals surface area contributed by atoms with Crippen molar-refractivity contribution in [1.82, 2.24) is 0 Å². The Labute approximate surface area is 714 Å². The Morgan fingerprint density at radius 2 is 0.610 bits per heavy atom. The van der Waals surface area contributed by atoms with E-state index in [1.165, 1.54) is 57.8 Å². The van der Waals surface area contributed by atoms with Crippen molar-refractivity contribution < 1.29 is 212 Å². The van der Waals surface area contributed by atoms with E-state index in [0.29, 0.717) is 25.7 Å². The van der Waals surface area contributed by atoms with Gasteiger partial charge in [0.05, 0.1) is 46.2 Å². The highest BCUT2D eigenvalue weighted by Gasteiger charge is 2.60. The molecule has 123 heavy (non-hydrogen) atoms. The quantitative estimate of drug-likeness (QED) is 0.0117. The van der Waals surface area contributed by atoms with Crippen LogP contribution in [0.1, 0.15) is 181 Å². The minimum Gasteiger partial charge on any atom is -0.462 e. The van der Waals surface area contributed by atoms with Gasteiger partial charge in [-0.3, -0.25) is 18.6 Å². The Hall–Kier alpha value is -2.87. The normalized spacial score (nSPS) is 39.7. The zero-order valence-electron chi connectivity index (χ0n) is 69.7. The molecule has 44 heteroatoms. The molecule has 0 amide bonds. The van der Waals surface area contributed by atoms with Crippen LogP contribution in [0.15, 0.2) is 24.3 Å². The van der Waals surface area contributed by atoms with Crippen LogP contribution in [-0.4, -0.2) is 414 Å². The third-order valence-electron chi connectivity index (χ3n) is 22.9. The number of phosphoric acid groups is 1. The molecule has 7 aliphatic rings. The first kappa shape index (κ1) is 107. The third kappa shape index (κ3) is 32.2. The second kappa shape index (κ2) is 54.8. The van der Waals surface area contributed by atoms with Gasteiger partial charge in [0, 0.05) is 12.8 Å². The van der Waals surface area contributed by atoms with Gasteiger partial charge in [-0.2, -0.15) is 0 Å². The number of ether oxygens (including phenoxy) is 14. The van der Waals surface area contributed by atoms with Gasteiger partial charge in [0.15, 0.2) is 43.8 Å². The minimum absolute atomic E-state index is 0.0485. The molecule has 7 fully saturated rings. The number of aliphatic hydroxyl groups excluding tert-OH is 23. The Morgan fingerprint density at radius 3 is 0.976 bits per heavy atom. The van der Waals surface area contributed by atoms with Crippen LogP contribution in [0.4, 0.5) is 0 Å². The first-order valence-corrected chi connectivity index (χ1v) is 44.7. The van der Waals surface area contributed by atoms with E-state index in [0.717, 1.165) is 70.6 Å². The summed E-state index contributed by atoms with van der Waals surface area (Å²) in [6, 6.07) is 0. The summed E-state index contributed by atoms with van der Waals surface area (Å²) >= 11 is 0. The molecule has 6 heterocycles. The standard InChI is InChI=1S/C79H139O43P/c1-3-5-7-9-11-13-15-17-18-20-21-23-25-27-29-31-48(82)107-35-41(113-49(83)32-30-28-26-24-22-19-16-14-12-10-8-6-4-2)36-112-123(105,106)122-73-71(120-78-69(103)57(91)51(85)43(34-81)115-78)63(97)62(96)64(98)72(73)121-79-70(104)61(95)55(89)47(119-79)40-111-77-68(102)60(94)54(88)46(118-77)39-110-76-67(101)59(93)53(87)45(117-76)38-109-75-66(100)58(92)52(86)44(116-75)37-108-74-65(99)56(90)50(84)42(33-80)114-74/h11,13,17-18,41-47,50-81,84-104H,3-10,12,14-16,19-40H2,1-2H3,(H,105,106)/b13-11-,18-17-/t41-,42?,43?,44?,45?,46?,47?,50+,51-,52+,53+,54+,55+,56?,57?,58?,59?,60?,61?,62+,63?,64?,65+,66+,67+,68+,69-,70+,71-,72?,73+,74-,75-,76-,77-,78-,79+/m1/s1. The molecule has 38 atom stereocenters. The Morgan fingerprint density at radius 1 is 0.325 bits per heavy atom. The predicted octanol–water partition coefficient (Wildman–Crippen LogP) is -5.00. The number of carbonyl (C=O) groups excluding carboxylic acids is 2. The molecule has 718 valence electrons. The number of rotatable bonds is 54. The molecule has 24 N–H and O–H groups in total. The molecule has 1 saturated carbocycles. The molecule has 0 bridgehead atoms. The van der Waals surface area contributed by atoms with Gasteiger partial charge >= 0.3 is 19.8 Å². The second-order valence-electron chi connectivity index (χ2n) is 32.6. The number of phosphoric ester groups is 1. The summed E-state index contributed by atoms with van der Waals surface area (Å²) in [5, 5.41) is 250. The lowest BCUT2D eigenvalue weighted by molar-refractivity contribution is -0.365. The van der Waals surface area contributed by atoms with Crippen LogP contribution < -0.4 is 0 Å². The average molecular weight is 1810 g/mol. The highest BCUT2D eigenvalue weighted by molar-refractivity contribution is 7.47. The fourth-order valence-corrected chi connectivity index (χ4v) is 16.1. The van der Waals surface area contributed by atoms with E-state index >= 15 is 0 Å². The van der Waals surface area contributed by atoms with Gasteiger partial charge in [-0.15, -0.1) is 0 Å². The van der Waals surface area contributed by atoms with Crippen LogP contribution in [0.3, 0.4) is 0 Å². The lowest BCUT2D eigenvalue weighted by atomic mass is 9.84. The monoisotopic (exact) mass is 1810 g/mol. The van der Waals surface area contributed by atoms with E-state index in [2.05, 4.69) is 38.2 Å². The number of carbonyl (C=O) groups is 2. The number of unbranched alkanes of at least 4 members (excludes halogenated alkanes) is 20. The molecule has 7 rings (SSSR count). The fourth-order valence-electron chi connectivity index (χ4n) is 15.1. The molecule has 0 aromatic carbocycles. The van der Waals surface area contributed by atoms with Crippen LogP contribution in [0.2, 0.25) is 0 Å². The van der Waals surface area contributed by atoms with Gasteiger partial charge in [0.2, 0.25) is 0 Å². The zero-order chi connectivity index (χ0) is 90.2. The lowest BCUT2D eigenvalue weighted by Crippen LogP contribution is -2.69. The van der Waals surface area contributed by atoms with Crippen LogP contribution >= 0.6 is 7.82 Å². The predicted molar refractivity (Wildman–Crippen MR) is 417 cm³/mol. The summed E-state index contributed by atoms with van der Waals surface area (Å²) < 4.78 is 104. The highest BCUT2D eigenvalue weighted by Crippen LogP contribution is 2.49. The average Bonchev–Trinajstić information content (AvgIpc) is 0.757. The zero-order valence-corrected chi connectivity index (χ0v) is 70.5. The molecule has 43 nitrogen and oxygen atoms in total. The van der Waals surface area contributed by atoms with Crippen molar-refractivity contribution in [3.8, 4) is 0 Å². The van der Waals surface area contributed by atoms with Crippen molar-refractivity contribution >= 4 is 19.8 Å². The number of allylic oxidation sites excluding steroid dienone is 4. The van der Waals surface area contributed by atoms with Gasteiger partial charge < -0.3 is 189 Å². The van der Waals surface area contributed by atoms with Crippen LogP contribution in [0, 0.1) is 0 Å².